The van der Waals surface area contributed by atoms with Crippen molar-refractivity contribution in [3.05, 3.63) is 47.5 Å². The van der Waals surface area contributed by atoms with E-state index in [2.05, 4.69) is 15.7 Å². The summed E-state index contributed by atoms with van der Waals surface area (Å²) >= 11 is 0. The first kappa shape index (κ1) is 25.1. The van der Waals surface area contributed by atoms with E-state index in [9.17, 15) is 23.2 Å². The second-order valence-corrected chi connectivity index (χ2v) is 8.32. The summed E-state index contributed by atoms with van der Waals surface area (Å²) in [6, 6.07) is 6.38. The first-order chi connectivity index (χ1) is 17.2. The van der Waals surface area contributed by atoms with Crippen molar-refractivity contribution < 1.29 is 37.1 Å². The molecule has 2 N–H and O–H groups in total. The van der Waals surface area contributed by atoms with E-state index < -0.39 is 36.3 Å². The maximum atomic E-state index is 13.4. The molecule has 3 heterocycles. The molecule has 0 saturated carbocycles. The number of ether oxygens (including phenoxy) is 2. The molecule has 1 aliphatic rings. The van der Waals surface area contributed by atoms with Gasteiger partial charge in [0, 0.05) is 18.1 Å². The standard InChI is InChI=1S/C24H26F2N4O6/c1-3-34-23(33)24(8-4-9-27-22(24)32)29-21(31)20-14(2)36-18-6-5-16(11-17(18)20)35-13-15-7-10-28-30(15)12-19(25)26/h5-7,10-11,19H,3-4,8-9,12-13H2,1-2H3,(H,27,32)(H,29,31)/t24-/m1/s1. The molecule has 4 rings (SSSR count). The van der Waals surface area contributed by atoms with Gasteiger partial charge in [0.15, 0.2) is 0 Å². The number of halogens is 2. The third-order valence-electron chi connectivity index (χ3n) is 5.92. The Labute approximate surface area is 204 Å². The molecule has 1 aliphatic heterocycles. The van der Waals surface area contributed by atoms with Gasteiger partial charge in [0.05, 0.1) is 17.9 Å². The van der Waals surface area contributed by atoms with E-state index in [0.717, 1.165) is 4.68 Å². The Bertz CT molecular complexity index is 1290. The highest BCUT2D eigenvalue weighted by Crippen LogP contribution is 2.31. The molecule has 36 heavy (non-hydrogen) atoms. The second-order valence-electron chi connectivity index (χ2n) is 8.32. The van der Waals surface area contributed by atoms with Crippen LogP contribution in [0.5, 0.6) is 5.75 Å². The van der Waals surface area contributed by atoms with Crippen molar-refractivity contribution in [2.75, 3.05) is 13.2 Å². The average molecular weight is 504 g/mol. The number of fused-ring (bicyclic) bond motifs is 1. The van der Waals surface area contributed by atoms with E-state index in [1.54, 1.807) is 38.1 Å². The highest BCUT2D eigenvalue weighted by molar-refractivity contribution is 6.15. The third-order valence-corrected chi connectivity index (χ3v) is 5.92. The molecular weight excluding hydrogens is 478 g/mol. The number of benzene rings is 1. The van der Waals surface area contributed by atoms with Crippen LogP contribution >= 0.6 is 0 Å². The number of carbonyl (C=O) groups excluding carboxylic acids is 3. The molecule has 2 aromatic heterocycles. The van der Waals surface area contributed by atoms with Gasteiger partial charge in [0.2, 0.25) is 5.54 Å². The van der Waals surface area contributed by atoms with E-state index in [1.807, 2.05) is 0 Å². The lowest BCUT2D eigenvalue weighted by molar-refractivity contribution is -0.157. The fraction of sp³-hybridized carbons (Fsp3) is 0.417. The van der Waals surface area contributed by atoms with E-state index in [4.69, 9.17) is 13.9 Å². The molecular formula is C24H26F2N4O6. The van der Waals surface area contributed by atoms with Gasteiger partial charge in [-0.05, 0) is 51.0 Å². The minimum Gasteiger partial charge on any atom is -0.487 e. The zero-order valence-electron chi connectivity index (χ0n) is 19.8. The van der Waals surface area contributed by atoms with Crippen LogP contribution in [0.2, 0.25) is 0 Å². The van der Waals surface area contributed by atoms with Crippen molar-refractivity contribution in [2.45, 2.75) is 51.8 Å². The second kappa shape index (κ2) is 10.3. The molecule has 1 saturated heterocycles. The Balaban J connectivity index is 1.60. The van der Waals surface area contributed by atoms with Crippen LogP contribution in [-0.2, 0) is 27.5 Å². The van der Waals surface area contributed by atoms with E-state index in [1.165, 1.54) is 6.20 Å². The van der Waals surface area contributed by atoms with Crippen molar-refractivity contribution in [1.82, 2.24) is 20.4 Å². The lowest BCUT2D eigenvalue weighted by Crippen LogP contribution is -2.66. The van der Waals surface area contributed by atoms with Gasteiger partial charge >= 0.3 is 5.97 Å². The predicted molar refractivity (Wildman–Crippen MR) is 123 cm³/mol. The van der Waals surface area contributed by atoms with Crippen LogP contribution in [0.4, 0.5) is 8.78 Å². The fourth-order valence-electron chi connectivity index (χ4n) is 4.20. The number of rotatable bonds is 9. The molecule has 10 nitrogen and oxygen atoms in total. The number of alkyl halides is 2. The van der Waals surface area contributed by atoms with E-state index in [-0.39, 0.29) is 31.0 Å². The maximum absolute atomic E-state index is 13.4. The Morgan fingerprint density at radius 2 is 2.14 bits per heavy atom. The number of esters is 1. The molecule has 0 unspecified atom stereocenters. The third kappa shape index (κ3) is 4.88. The molecule has 0 spiro atoms. The molecule has 1 fully saturated rings. The summed E-state index contributed by atoms with van der Waals surface area (Å²) in [5.74, 6) is -1.49. The molecule has 0 aliphatic carbocycles. The zero-order chi connectivity index (χ0) is 25.9. The number of aryl methyl sites for hydroxylation is 1. The van der Waals surface area contributed by atoms with Crippen molar-refractivity contribution in [2.24, 2.45) is 0 Å². The summed E-state index contributed by atoms with van der Waals surface area (Å²) in [5.41, 5.74) is -0.860. The molecule has 3 aromatic rings. The zero-order valence-corrected chi connectivity index (χ0v) is 19.8. The van der Waals surface area contributed by atoms with Crippen LogP contribution in [0.3, 0.4) is 0 Å². The maximum Gasteiger partial charge on any atom is 0.341 e. The number of hydrogen-bond acceptors (Lipinski definition) is 7. The monoisotopic (exact) mass is 504 g/mol. The number of piperidine rings is 1. The normalized spacial score (nSPS) is 17.8. The van der Waals surface area contributed by atoms with Gasteiger partial charge in [-0.3, -0.25) is 14.3 Å². The first-order valence-electron chi connectivity index (χ1n) is 11.5. The highest BCUT2D eigenvalue weighted by atomic mass is 19.3. The molecule has 1 atom stereocenters. The summed E-state index contributed by atoms with van der Waals surface area (Å²) in [5, 5.41) is 9.49. The van der Waals surface area contributed by atoms with E-state index >= 15 is 0 Å². The Kier molecular flexibility index (Phi) is 7.22. The minimum absolute atomic E-state index is 0.0251. The Hall–Kier alpha value is -3.96. The van der Waals surface area contributed by atoms with Gasteiger partial charge in [-0.1, -0.05) is 0 Å². The van der Waals surface area contributed by atoms with Crippen molar-refractivity contribution in [1.29, 1.82) is 0 Å². The molecule has 12 heteroatoms. The average Bonchev–Trinajstić information content (AvgIpc) is 3.41. The number of aromatic nitrogens is 2. The fourth-order valence-corrected chi connectivity index (χ4v) is 4.20. The minimum atomic E-state index is -2.56. The first-order valence-corrected chi connectivity index (χ1v) is 11.5. The summed E-state index contributed by atoms with van der Waals surface area (Å²) in [4.78, 5) is 38.8. The smallest absolute Gasteiger partial charge is 0.341 e. The largest absolute Gasteiger partial charge is 0.487 e. The molecule has 192 valence electrons. The van der Waals surface area contributed by atoms with Gasteiger partial charge in [0.25, 0.3) is 18.2 Å². The number of nitrogens with zero attached hydrogens (tertiary/aromatic N) is 2. The topological polar surface area (TPSA) is 125 Å². The van der Waals surface area contributed by atoms with Crippen molar-refractivity contribution in [3.8, 4) is 5.75 Å². The quantitative estimate of drug-likeness (QED) is 0.339. The Morgan fingerprint density at radius 1 is 1.33 bits per heavy atom. The predicted octanol–water partition coefficient (Wildman–Crippen LogP) is 2.72. The molecule has 2 amide bonds. The highest BCUT2D eigenvalue weighted by Gasteiger charge is 2.50. The summed E-state index contributed by atoms with van der Waals surface area (Å²) in [6.45, 7) is 3.07. The van der Waals surface area contributed by atoms with Crippen molar-refractivity contribution >= 4 is 28.8 Å². The van der Waals surface area contributed by atoms with Gasteiger partial charge in [-0.25, -0.2) is 13.6 Å². The van der Waals surface area contributed by atoms with Crippen LogP contribution in [0.25, 0.3) is 11.0 Å². The van der Waals surface area contributed by atoms with Gasteiger partial charge < -0.3 is 24.5 Å². The summed E-state index contributed by atoms with van der Waals surface area (Å²) in [7, 11) is 0. The lowest BCUT2D eigenvalue weighted by atomic mass is 9.88. The van der Waals surface area contributed by atoms with Gasteiger partial charge in [-0.15, -0.1) is 0 Å². The lowest BCUT2D eigenvalue weighted by Gasteiger charge is -2.34. The summed E-state index contributed by atoms with van der Waals surface area (Å²) in [6.07, 6.45) is -0.568. The van der Waals surface area contributed by atoms with Gasteiger partial charge in [-0.2, -0.15) is 5.10 Å². The number of amides is 2. The Morgan fingerprint density at radius 3 is 2.86 bits per heavy atom. The van der Waals surface area contributed by atoms with Crippen LogP contribution in [0, 0.1) is 6.92 Å². The SMILES string of the molecule is CCOC(=O)[C@@]1(NC(=O)c2c(C)oc3ccc(OCc4ccnn4CC(F)F)cc23)CCCNC1=O. The number of furan rings is 1. The van der Waals surface area contributed by atoms with Crippen LogP contribution in [-0.4, -0.2) is 52.7 Å². The van der Waals surface area contributed by atoms with Crippen molar-refractivity contribution in [3.63, 3.8) is 0 Å². The number of carbonyl (C=O) groups is 3. The summed E-state index contributed by atoms with van der Waals surface area (Å²) < 4.78 is 43.2. The van der Waals surface area contributed by atoms with Crippen LogP contribution < -0.4 is 15.4 Å². The van der Waals surface area contributed by atoms with Gasteiger partial charge in [0.1, 0.15) is 30.2 Å². The number of nitrogens with one attached hydrogen (secondary N) is 2. The molecule has 0 bridgehead atoms. The molecule has 0 radical (unpaired) electrons. The number of hydrogen-bond donors (Lipinski definition) is 2. The molecule has 1 aromatic carbocycles. The van der Waals surface area contributed by atoms with E-state index in [0.29, 0.717) is 35.4 Å². The van der Waals surface area contributed by atoms with Crippen LogP contribution in [0.15, 0.2) is 34.9 Å². The van der Waals surface area contributed by atoms with Crippen LogP contribution in [0.1, 0.15) is 41.6 Å².